The monoisotopic (exact) mass is 327 g/mol. The van der Waals surface area contributed by atoms with E-state index in [1.165, 1.54) is 6.07 Å². The molecule has 0 fully saturated rings. The number of hydrogen-bond donors (Lipinski definition) is 1. The summed E-state index contributed by atoms with van der Waals surface area (Å²) in [6.45, 7) is 0. The van der Waals surface area contributed by atoms with E-state index >= 15 is 0 Å². The summed E-state index contributed by atoms with van der Waals surface area (Å²) in [7, 11) is 1.56. The Hall–Kier alpha value is -1.46. The molecule has 19 heavy (non-hydrogen) atoms. The summed E-state index contributed by atoms with van der Waals surface area (Å²) in [6, 6.07) is 8.47. The predicted molar refractivity (Wildman–Crippen MR) is 73.1 cm³/mol. The molecule has 1 atom stereocenters. The molecule has 2 nitrogen and oxygen atoms in total. The van der Waals surface area contributed by atoms with Crippen LogP contribution in [0.3, 0.4) is 0 Å². The van der Waals surface area contributed by atoms with Gasteiger partial charge < -0.3 is 10.5 Å². The van der Waals surface area contributed by atoms with E-state index in [1.54, 1.807) is 25.3 Å². The maximum atomic E-state index is 13.2. The molecule has 0 aromatic heterocycles. The summed E-state index contributed by atoms with van der Waals surface area (Å²) >= 11 is 3.36. The Bertz CT molecular complexity index is 604. The highest BCUT2D eigenvalue weighted by Crippen LogP contribution is 2.29. The first-order valence-corrected chi connectivity index (χ1v) is 6.36. The molecule has 0 aliphatic heterocycles. The fourth-order valence-electron chi connectivity index (χ4n) is 1.77. The van der Waals surface area contributed by atoms with E-state index in [4.69, 9.17) is 10.5 Å². The molecule has 100 valence electrons. The average molecular weight is 328 g/mol. The molecule has 0 saturated carbocycles. The van der Waals surface area contributed by atoms with Crippen molar-refractivity contribution in [3.63, 3.8) is 0 Å². The predicted octanol–water partition coefficient (Wildman–Crippen LogP) is 3.78. The number of rotatable bonds is 3. The number of benzene rings is 2. The summed E-state index contributed by atoms with van der Waals surface area (Å²) in [4.78, 5) is 0. The lowest BCUT2D eigenvalue weighted by molar-refractivity contribution is 0.412. The molecular formula is C14H12BrF2NO. The van der Waals surface area contributed by atoms with Crippen LogP contribution in [0.1, 0.15) is 17.2 Å². The van der Waals surface area contributed by atoms with Gasteiger partial charge in [-0.1, -0.05) is 12.1 Å². The molecule has 0 bridgehead atoms. The van der Waals surface area contributed by atoms with Crippen molar-refractivity contribution < 1.29 is 13.5 Å². The topological polar surface area (TPSA) is 35.2 Å². The highest BCUT2D eigenvalue weighted by atomic mass is 79.9. The number of nitrogens with two attached hydrogens (primary N) is 1. The minimum atomic E-state index is -0.902. The van der Waals surface area contributed by atoms with Crippen molar-refractivity contribution in [2.45, 2.75) is 6.04 Å². The van der Waals surface area contributed by atoms with Crippen molar-refractivity contribution in [2.75, 3.05) is 7.11 Å². The van der Waals surface area contributed by atoms with Gasteiger partial charge >= 0.3 is 0 Å². The van der Waals surface area contributed by atoms with E-state index < -0.39 is 17.7 Å². The Balaban J connectivity index is 2.35. The van der Waals surface area contributed by atoms with Crippen LogP contribution in [0.25, 0.3) is 0 Å². The Morgan fingerprint density at radius 1 is 1.05 bits per heavy atom. The van der Waals surface area contributed by atoms with Crippen molar-refractivity contribution in [3.05, 3.63) is 63.6 Å². The van der Waals surface area contributed by atoms with Crippen molar-refractivity contribution in [3.8, 4) is 5.75 Å². The molecule has 0 aliphatic rings. The summed E-state index contributed by atoms with van der Waals surface area (Å²) in [6.07, 6.45) is 0. The van der Waals surface area contributed by atoms with Crippen LogP contribution in [-0.4, -0.2) is 7.11 Å². The van der Waals surface area contributed by atoms with Gasteiger partial charge in [-0.15, -0.1) is 0 Å². The zero-order valence-electron chi connectivity index (χ0n) is 10.2. The Labute approximate surface area is 118 Å². The molecule has 0 spiro atoms. The number of halogens is 3. The van der Waals surface area contributed by atoms with Crippen LogP contribution >= 0.6 is 15.9 Å². The van der Waals surface area contributed by atoms with Crippen molar-refractivity contribution >= 4 is 15.9 Å². The van der Waals surface area contributed by atoms with E-state index in [0.29, 0.717) is 11.3 Å². The van der Waals surface area contributed by atoms with Gasteiger partial charge in [0.1, 0.15) is 5.75 Å². The van der Waals surface area contributed by atoms with Gasteiger partial charge in [0.25, 0.3) is 0 Å². The van der Waals surface area contributed by atoms with Gasteiger partial charge in [-0.3, -0.25) is 0 Å². The van der Waals surface area contributed by atoms with Crippen molar-refractivity contribution in [2.24, 2.45) is 5.73 Å². The molecular weight excluding hydrogens is 316 g/mol. The highest BCUT2D eigenvalue weighted by molar-refractivity contribution is 9.10. The van der Waals surface area contributed by atoms with Crippen LogP contribution in [0.15, 0.2) is 40.9 Å². The van der Waals surface area contributed by atoms with E-state index in [1.807, 2.05) is 0 Å². The van der Waals surface area contributed by atoms with E-state index in [2.05, 4.69) is 15.9 Å². The normalized spacial score (nSPS) is 12.3. The highest BCUT2D eigenvalue weighted by Gasteiger charge is 2.13. The molecule has 0 radical (unpaired) electrons. The molecule has 2 aromatic rings. The fourth-order valence-corrected chi connectivity index (χ4v) is 2.33. The minimum Gasteiger partial charge on any atom is -0.496 e. The molecule has 2 N–H and O–H groups in total. The van der Waals surface area contributed by atoms with E-state index in [0.717, 1.165) is 22.2 Å². The van der Waals surface area contributed by atoms with E-state index in [9.17, 15) is 8.78 Å². The summed E-state index contributed by atoms with van der Waals surface area (Å²) in [5.74, 6) is -1.10. The fraction of sp³-hybridized carbons (Fsp3) is 0.143. The lowest BCUT2D eigenvalue weighted by atomic mass is 9.99. The Kier molecular flexibility index (Phi) is 4.17. The number of ether oxygens (including phenoxy) is 1. The molecule has 5 heteroatoms. The second-order valence-corrected chi connectivity index (χ2v) is 4.90. The van der Waals surface area contributed by atoms with Crippen LogP contribution < -0.4 is 10.5 Å². The third-order valence-electron chi connectivity index (χ3n) is 2.84. The zero-order chi connectivity index (χ0) is 14.0. The first-order valence-electron chi connectivity index (χ1n) is 5.57. The van der Waals surface area contributed by atoms with Crippen LogP contribution in [0, 0.1) is 11.6 Å². The van der Waals surface area contributed by atoms with Gasteiger partial charge in [0.2, 0.25) is 0 Å². The van der Waals surface area contributed by atoms with Gasteiger partial charge in [-0.2, -0.15) is 0 Å². The van der Waals surface area contributed by atoms with Gasteiger partial charge in [0.15, 0.2) is 11.6 Å². The Morgan fingerprint density at radius 3 is 2.26 bits per heavy atom. The summed E-state index contributed by atoms with van der Waals surface area (Å²) in [5.41, 5.74) is 7.33. The molecule has 2 rings (SSSR count). The van der Waals surface area contributed by atoms with Crippen LogP contribution in [0.4, 0.5) is 8.78 Å². The maximum Gasteiger partial charge on any atom is 0.159 e. The standard InChI is InChI=1S/C14H12BrF2NO/c1-19-13-5-3-8(6-10(13)15)14(18)9-2-4-11(16)12(17)7-9/h2-7,14H,18H2,1H3. The van der Waals surface area contributed by atoms with Crippen LogP contribution in [-0.2, 0) is 0 Å². The minimum absolute atomic E-state index is 0.510. The van der Waals surface area contributed by atoms with Crippen LogP contribution in [0.5, 0.6) is 5.75 Å². The summed E-state index contributed by atoms with van der Waals surface area (Å²) in [5, 5.41) is 0. The molecule has 2 aromatic carbocycles. The van der Waals surface area contributed by atoms with E-state index in [-0.39, 0.29) is 0 Å². The first kappa shape index (κ1) is 14.0. The molecule has 0 aliphatic carbocycles. The lowest BCUT2D eigenvalue weighted by Gasteiger charge is -2.14. The molecule has 0 saturated heterocycles. The Morgan fingerprint density at radius 2 is 1.68 bits per heavy atom. The molecule has 0 amide bonds. The van der Waals surface area contributed by atoms with Gasteiger partial charge in [0.05, 0.1) is 17.6 Å². The lowest BCUT2D eigenvalue weighted by Crippen LogP contribution is -2.12. The number of hydrogen-bond acceptors (Lipinski definition) is 2. The molecule has 1 unspecified atom stereocenters. The zero-order valence-corrected chi connectivity index (χ0v) is 11.7. The quantitative estimate of drug-likeness (QED) is 0.931. The van der Waals surface area contributed by atoms with Gasteiger partial charge in [-0.05, 0) is 51.3 Å². The third-order valence-corrected chi connectivity index (χ3v) is 3.46. The first-order chi connectivity index (χ1) is 9.02. The molecule has 0 heterocycles. The number of methoxy groups -OCH3 is 1. The van der Waals surface area contributed by atoms with Crippen molar-refractivity contribution in [1.29, 1.82) is 0 Å². The summed E-state index contributed by atoms with van der Waals surface area (Å²) < 4.78 is 32.0. The van der Waals surface area contributed by atoms with Crippen LogP contribution in [0.2, 0.25) is 0 Å². The maximum absolute atomic E-state index is 13.2. The van der Waals surface area contributed by atoms with Gasteiger partial charge in [-0.25, -0.2) is 8.78 Å². The second kappa shape index (κ2) is 5.67. The average Bonchev–Trinajstić information content (AvgIpc) is 2.41. The largest absolute Gasteiger partial charge is 0.496 e. The second-order valence-electron chi connectivity index (χ2n) is 4.05. The van der Waals surface area contributed by atoms with Gasteiger partial charge in [0, 0.05) is 0 Å². The SMILES string of the molecule is COc1ccc(C(N)c2ccc(F)c(F)c2)cc1Br. The van der Waals surface area contributed by atoms with Crippen molar-refractivity contribution in [1.82, 2.24) is 0 Å². The third kappa shape index (κ3) is 2.93. The smallest absolute Gasteiger partial charge is 0.159 e.